The minimum absolute atomic E-state index is 0. The molecule has 2 rings (SSSR count). The fourth-order valence-corrected chi connectivity index (χ4v) is 1.68. The first-order valence-corrected chi connectivity index (χ1v) is 6.62. The smallest absolute Gasteiger partial charge is 0.191 e. The topological polar surface area (TPSA) is 85.0 Å². The van der Waals surface area contributed by atoms with Crippen molar-refractivity contribution in [3.05, 3.63) is 30.6 Å². The number of hydrogen-bond acceptors (Lipinski definition) is 4. The summed E-state index contributed by atoms with van der Waals surface area (Å²) in [7, 11) is 1.86. The van der Waals surface area contributed by atoms with Crippen LogP contribution in [0.3, 0.4) is 0 Å². The van der Waals surface area contributed by atoms with E-state index in [2.05, 4.69) is 30.8 Å². The molecule has 0 aliphatic rings. The van der Waals surface area contributed by atoms with Crippen LogP contribution in [0.5, 0.6) is 0 Å². The molecule has 0 spiro atoms. The molecule has 0 saturated heterocycles. The van der Waals surface area contributed by atoms with E-state index in [-0.39, 0.29) is 24.0 Å². The van der Waals surface area contributed by atoms with E-state index in [0.717, 1.165) is 31.4 Å². The Morgan fingerprint density at radius 3 is 2.81 bits per heavy atom. The summed E-state index contributed by atoms with van der Waals surface area (Å²) in [5.74, 6) is 1.59. The molecule has 116 valence electrons. The molecular formula is C12H21IN8. The largest absolute Gasteiger partial charge is 0.357 e. The number of halogens is 1. The first-order valence-electron chi connectivity index (χ1n) is 6.62. The first kappa shape index (κ1) is 17.4. The van der Waals surface area contributed by atoms with Crippen molar-refractivity contribution in [2.75, 3.05) is 13.1 Å². The highest BCUT2D eigenvalue weighted by Gasteiger charge is 2.01. The second kappa shape index (κ2) is 9.32. The fraction of sp³-hybridized carbons (Fsp3) is 0.500. The van der Waals surface area contributed by atoms with Crippen molar-refractivity contribution in [3.8, 4) is 0 Å². The average molecular weight is 404 g/mol. The predicted molar refractivity (Wildman–Crippen MR) is 91.5 cm³/mol. The van der Waals surface area contributed by atoms with Crippen molar-refractivity contribution in [3.63, 3.8) is 0 Å². The molecule has 0 unspecified atom stereocenters. The number of nitrogens with one attached hydrogen (secondary N) is 2. The van der Waals surface area contributed by atoms with Gasteiger partial charge in [-0.2, -0.15) is 10.2 Å². The lowest BCUT2D eigenvalue weighted by atomic mass is 10.5. The van der Waals surface area contributed by atoms with Gasteiger partial charge in [0, 0.05) is 32.5 Å². The third-order valence-corrected chi connectivity index (χ3v) is 2.72. The average Bonchev–Trinajstić information content (AvgIpc) is 3.08. The molecule has 0 amide bonds. The second-order valence-corrected chi connectivity index (χ2v) is 4.19. The summed E-state index contributed by atoms with van der Waals surface area (Å²) in [4.78, 5) is 8.62. The molecule has 2 N–H and O–H groups in total. The highest BCUT2D eigenvalue weighted by atomic mass is 127. The molecule has 21 heavy (non-hydrogen) atoms. The van der Waals surface area contributed by atoms with Crippen LogP contribution < -0.4 is 10.6 Å². The number of guanidine groups is 1. The summed E-state index contributed by atoms with van der Waals surface area (Å²) in [6.07, 6.45) is 5.24. The zero-order chi connectivity index (χ0) is 14.2. The lowest BCUT2D eigenvalue weighted by Gasteiger charge is -2.11. The van der Waals surface area contributed by atoms with Gasteiger partial charge in [0.2, 0.25) is 0 Å². The number of aliphatic imine (C=N–C) groups is 1. The van der Waals surface area contributed by atoms with Crippen LogP contribution in [0.4, 0.5) is 0 Å². The molecule has 0 aromatic carbocycles. The Labute approximate surface area is 141 Å². The maximum absolute atomic E-state index is 4.48. The van der Waals surface area contributed by atoms with E-state index < -0.39 is 0 Å². The molecule has 0 fully saturated rings. The van der Waals surface area contributed by atoms with E-state index in [0.29, 0.717) is 6.54 Å². The molecule has 2 aromatic rings. The van der Waals surface area contributed by atoms with E-state index >= 15 is 0 Å². The summed E-state index contributed by atoms with van der Waals surface area (Å²) in [5.41, 5.74) is 0. The molecule has 0 atom stereocenters. The molecule has 9 heteroatoms. The number of hydrogen-bond donors (Lipinski definition) is 2. The Morgan fingerprint density at radius 1 is 1.33 bits per heavy atom. The molecule has 0 aliphatic carbocycles. The van der Waals surface area contributed by atoms with Gasteiger partial charge in [0.15, 0.2) is 5.96 Å². The van der Waals surface area contributed by atoms with Crippen molar-refractivity contribution >= 4 is 29.9 Å². The molecule has 0 radical (unpaired) electrons. The van der Waals surface area contributed by atoms with Gasteiger partial charge in [0.05, 0.1) is 6.54 Å². The van der Waals surface area contributed by atoms with E-state index in [1.54, 1.807) is 10.9 Å². The van der Waals surface area contributed by atoms with E-state index in [9.17, 15) is 0 Å². The normalized spacial score (nSPS) is 11.0. The Morgan fingerprint density at radius 2 is 2.19 bits per heavy atom. The third kappa shape index (κ3) is 5.69. The Hall–Kier alpha value is -1.65. The lowest BCUT2D eigenvalue weighted by Crippen LogP contribution is -2.39. The summed E-state index contributed by atoms with van der Waals surface area (Å²) >= 11 is 0. The van der Waals surface area contributed by atoms with Crippen molar-refractivity contribution in [2.24, 2.45) is 12.0 Å². The summed E-state index contributed by atoms with van der Waals surface area (Å²) in [5, 5.41) is 14.6. The van der Waals surface area contributed by atoms with Gasteiger partial charge in [0.25, 0.3) is 0 Å². The van der Waals surface area contributed by atoms with Crippen LogP contribution >= 0.6 is 24.0 Å². The molecular weight excluding hydrogens is 383 g/mol. The minimum atomic E-state index is 0. The SMILES string of the molecule is CCNC(=NCc1ncnn1C)NCCn1cccn1.I. The number of aryl methyl sites for hydroxylation is 1. The van der Waals surface area contributed by atoms with Crippen LogP contribution in [-0.2, 0) is 20.1 Å². The third-order valence-electron chi connectivity index (χ3n) is 2.72. The Bertz CT molecular complexity index is 533. The van der Waals surface area contributed by atoms with Crippen molar-refractivity contribution in [1.29, 1.82) is 0 Å². The summed E-state index contributed by atoms with van der Waals surface area (Å²) in [6.45, 7) is 4.89. The lowest BCUT2D eigenvalue weighted by molar-refractivity contribution is 0.597. The number of aromatic nitrogens is 5. The fourth-order valence-electron chi connectivity index (χ4n) is 1.68. The molecule has 2 heterocycles. The van der Waals surface area contributed by atoms with Crippen LogP contribution in [0.2, 0.25) is 0 Å². The van der Waals surface area contributed by atoms with Gasteiger partial charge in [-0.1, -0.05) is 0 Å². The standard InChI is InChI=1S/C12H20N8.HI/c1-3-13-12(14-6-8-20-7-4-5-17-20)15-9-11-16-10-18-19(11)2;/h4-5,7,10H,3,6,8-9H2,1-2H3,(H2,13,14,15);1H. The summed E-state index contributed by atoms with van der Waals surface area (Å²) < 4.78 is 3.59. The number of rotatable bonds is 6. The van der Waals surface area contributed by atoms with E-state index in [1.165, 1.54) is 6.33 Å². The van der Waals surface area contributed by atoms with Crippen LogP contribution in [0.1, 0.15) is 12.7 Å². The van der Waals surface area contributed by atoms with E-state index in [1.807, 2.05) is 30.9 Å². The van der Waals surface area contributed by atoms with Gasteiger partial charge in [0.1, 0.15) is 18.7 Å². The van der Waals surface area contributed by atoms with Crippen LogP contribution in [0.25, 0.3) is 0 Å². The monoisotopic (exact) mass is 404 g/mol. The molecule has 0 bridgehead atoms. The molecule has 0 aliphatic heterocycles. The van der Waals surface area contributed by atoms with Gasteiger partial charge in [-0.25, -0.2) is 9.98 Å². The maximum atomic E-state index is 4.48. The maximum Gasteiger partial charge on any atom is 0.191 e. The first-order chi connectivity index (χ1) is 9.79. The van der Waals surface area contributed by atoms with Crippen molar-refractivity contribution in [1.82, 2.24) is 35.2 Å². The van der Waals surface area contributed by atoms with Gasteiger partial charge >= 0.3 is 0 Å². The highest BCUT2D eigenvalue weighted by Crippen LogP contribution is 1.93. The zero-order valence-corrected chi connectivity index (χ0v) is 14.6. The van der Waals surface area contributed by atoms with Gasteiger partial charge in [-0.15, -0.1) is 24.0 Å². The Kier molecular flexibility index (Phi) is 7.72. The number of nitrogens with zero attached hydrogens (tertiary/aromatic N) is 6. The highest BCUT2D eigenvalue weighted by molar-refractivity contribution is 14.0. The summed E-state index contributed by atoms with van der Waals surface area (Å²) in [6, 6.07) is 1.91. The van der Waals surface area contributed by atoms with Gasteiger partial charge in [-0.05, 0) is 13.0 Å². The minimum Gasteiger partial charge on any atom is -0.357 e. The van der Waals surface area contributed by atoms with Crippen molar-refractivity contribution in [2.45, 2.75) is 20.0 Å². The Balaban J connectivity index is 0.00000220. The quantitative estimate of drug-likeness (QED) is 0.413. The van der Waals surface area contributed by atoms with Crippen LogP contribution in [-0.4, -0.2) is 43.6 Å². The van der Waals surface area contributed by atoms with Crippen LogP contribution in [0.15, 0.2) is 29.8 Å². The second-order valence-electron chi connectivity index (χ2n) is 4.19. The van der Waals surface area contributed by atoms with Gasteiger partial charge < -0.3 is 10.6 Å². The molecule has 0 saturated carbocycles. The zero-order valence-electron chi connectivity index (χ0n) is 12.2. The van der Waals surface area contributed by atoms with Crippen molar-refractivity contribution < 1.29 is 0 Å². The van der Waals surface area contributed by atoms with E-state index in [4.69, 9.17) is 0 Å². The molecule has 8 nitrogen and oxygen atoms in total. The predicted octanol–water partition coefficient (Wildman–Crippen LogP) is 0.385. The van der Waals surface area contributed by atoms with Gasteiger partial charge in [-0.3, -0.25) is 9.36 Å². The molecule has 2 aromatic heterocycles. The van der Waals surface area contributed by atoms with Crippen LogP contribution in [0, 0.1) is 0 Å².